The van der Waals surface area contributed by atoms with Crippen LogP contribution in [0.25, 0.3) is 0 Å². The Kier molecular flexibility index (Phi) is 4.48. The molecule has 1 aromatic rings. The highest BCUT2D eigenvalue weighted by atomic mass is 32.2. The maximum atomic E-state index is 12.7. The molecule has 0 saturated carbocycles. The van der Waals surface area contributed by atoms with Crippen LogP contribution in [0.2, 0.25) is 0 Å². The third-order valence-electron chi connectivity index (χ3n) is 2.60. The van der Waals surface area contributed by atoms with E-state index in [9.17, 15) is 26.4 Å². The van der Waals surface area contributed by atoms with Crippen LogP contribution < -0.4 is 0 Å². The minimum atomic E-state index is -4.74. The lowest BCUT2D eigenvalue weighted by Gasteiger charge is -2.13. The Hall–Kier alpha value is -1.57. The highest BCUT2D eigenvalue weighted by Crippen LogP contribution is 2.32. The lowest BCUT2D eigenvalue weighted by molar-refractivity contribution is -0.139. The Morgan fingerprint density at radius 1 is 1.25 bits per heavy atom. The molecule has 1 aromatic carbocycles. The van der Waals surface area contributed by atoms with Crippen molar-refractivity contribution in [2.45, 2.75) is 36.6 Å². The predicted octanol–water partition coefficient (Wildman–Crippen LogP) is 2.51. The van der Waals surface area contributed by atoms with E-state index >= 15 is 0 Å². The molecule has 0 atom stereocenters. The number of rotatable bonds is 4. The number of carbonyl (C=O) groups is 1. The van der Waals surface area contributed by atoms with E-state index in [0.29, 0.717) is 12.1 Å². The zero-order valence-corrected chi connectivity index (χ0v) is 11.5. The molecule has 0 unspecified atom stereocenters. The molecular formula is C12H13F3O4S. The number of halogens is 3. The lowest BCUT2D eigenvalue weighted by atomic mass is 10.1. The number of sulfone groups is 1. The number of carboxylic acids is 1. The number of hydrogen-bond donors (Lipinski definition) is 1. The summed E-state index contributed by atoms with van der Waals surface area (Å²) >= 11 is 0. The van der Waals surface area contributed by atoms with Crippen molar-refractivity contribution < 1.29 is 31.5 Å². The summed E-state index contributed by atoms with van der Waals surface area (Å²) in [6.07, 6.45) is -5.42. The number of hydrogen-bond acceptors (Lipinski definition) is 3. The first kappa shape index (κ1) is 16.5. The fourth-order valence-electron chi connectivity index (χ4n) is 1.54. The van der Waals surface area contributed by atoms with Crippen molar-refractivity contribution in [1.82, 2.24) is 0 Å². The van der Waals surface area contributed by atoms with E-state index in [0.717, 1.165) is 6.07 Å². The molecule has 0 fully saturated rings. The molecule has 20 heavy (non-hydrogen) atoms. The highest BCUT2D eigenvalue weighted by molar-refractivity contribution is 7.92. The Morgan fingerprint density at radius 2 is 1.80 bits per heavy atom. The van der Waals surface area contributed by atoms with Crippen molar-refractivity contribution in [3.05, 3.63) is 29.3 Å². The molecule has 0 radical (unpaired) electrons. The van der Waals surface area contributed by atoms with Gasteiger partial charge < -0.3 is 5.11 Å². The normalized spacial score (nSPS) is 12.7. The molecule has 4 nitrogen and oxygen atoms in total. The molecule has 0 aliphatic rings. The maximum Gasteiger partial charge on any atom is 0.416 e. The Morgan fingerprint density at radius 3 is 2.20 bits per heavy atom. The quantitative estimate of drug-likeness (QED) is 0.927. The second-order valence-electron chi connectivity index (χ2n) is 4.53. The van der Waals surface area contributed by atoms with Crippen LogP contribution in [-0.2, 0) is 27.2 Å². The monoisotopic (exact) mass is 310 g/mol. The largest absolute Gasteiger partial charge is 0.481 e. The number of alkyl halides is 3. The number of benzene rings is 1. The van der Waals surface area contributed by atoms with Crippen LogP contribution in [0.1, 0.15) is 25.0 Å². The van der Waals surface area contributed by atoms with Gasteiger partial charge in [-0.15, -0.1) is 0 Å². The van der Waals surface area contributed by atoms with E-state index < -0.39 is 44.1 Å². The molecule has 8 heteroatoms. The number of aliphatic carboxylic acids is 1. The van der Waals surface area contributed by atoms with E-state index in [1.165, 1.54) is 13.8 Å². The van der Waals surface area contributed by atoms with Crippen LogP contribution in [0.3, 0.4) is 0 Å². The standard InChI is InChI=1S/C12H13F3O4S/c1-7(2)20(18,19)10-4-8(5-11(16)17)3-9(6-10)12(13,14)15/h3-4,6-7H,5H2,1-2H3,(H,16,17). The topological polar surface area (TPSA) is 71.4 Å². The highest BCUT2D eigenvalue weighted by Gasteiger charge is 2.33. The van der Waals surface area contributed by atoms with Gasteiger partial charge in [-0.1, -0.05) is 0 Å². The van der Waals surface area contributed by atoms with Crippen molar-refractivity contribution in [2.24, 2.45) is 0 Å². The average Bonchev–Trinajstić information content (AvgIpc) is 2.26. The van der Waals surface area contributed by atoms with Gasteiger partial charge >= 0.3 is 12.1 Å². The van der Waals surface area contributed by atoms with Crippen molar-refractivity contribution in [2.75, 3.05) is 0 Å². The van der Waals surface area contributed by atoms with Gasteiger partial charge in [-0.3, -0.25) is 4.79 Å². The smallest absolute Gasteiger partial charge is 0.416 e. The third-order valence-corrected chi connectivity index (χ3v) is 4.73. The van der Waals surface area contributed by atoms with Gasteiger partial charge in [0.05, 0.1) is 22.1 Å². The molecule has 0 bridgehead atoms. The SMILES string of the molecule is CC(C)S(=O)(=O)c1cc(CC(=O)O)cc(C(F)(F)F)c1. The summed E-state index contributed by atoms with van der Waals surface area (Å²) in [4.78, 5) is 10.1. The van der Waals surface area contributed by atoms with Crippen molar-refractivity contribution in [3.8, 4) is 0 Å². The maximum absolute atomic E-state index is 12.7. The van der Waals surface area contributed by atoms with Gasteiger partial charge in [0, 0.05) is 0 Å². The zero-order chi connectivity index (χ0) is 15.7. The van der Waals surface area contributed by atoms with Crippen LogP contribution in [0.4, 0.5) is 13.2 Å². The molecule has 0 spiro atoms. The second kappa shape index (κ2) is 5.43. The van der Waals surface area contributed by atoms with Gasteiger partial charge in [-0.25, -0.2) is 8.42 Å². The molecule has 112 valence electrons. The van der Waals surface area contributed by atoms with Crippen LogP contribution in [-0.4, -0.2) is 24.7 Å². The average molecular weight is 310 g/mol. The summed E-state index contributed by atoms with van der Waals surface area (Å²) in [7, 11) is -3.91. The van der Waals surface area contributed by atoms with E-state index in [4.69, 9.17) is 5.11 Å². The Labute approximate surface area is 114 Å². The van der Waals surface area contributed by atoms with Crippen LogP contribution in [0, 0.1) is 0 Å². The third kappa shape index (κ3) is 3.72. The molecular weight excluding hydrogens is 297 g/mol. The molecule has 0 aliphatic heterocycles. The minimum absolute atomic E-state index is 0.202. The van der Waals surface area contributed by atoms with E-state index in [2.05, 4.69) is 0 Å². The molecule has 1 N–H and O–H groups in total. The summed E-state index contributed by atoms with van der Waals surface area (Å²) in [6, 6.07) is 2.15. The summed E-state index contributed by atoms with van der Waals surface area (Å²) < 4.78 is 62.1. The van der Waals surface area contributed by atoms with Crippen molar-refractivity contribution in [1.29, 1.82) is 0 Å². The van der Waals surface area contributed by atoms with Gasteiger partial charge in [0.15, 0.2) is 9.84 Å². The fourth-order valence-corrected chi connectivity index (χ4v) is 2.69. The Balaban J connectivity index is 3.50. The van der Waals surface area contributed by atoms with Gasteiger partial charge in [0.25, 0.3) is 0 Å². The molecule has 0 saturated heterocycles. The summed E-state index contributed by atoms with van der Waals surface area (Å²) in [6.45, 7) is 2.68. The van der Waals surface area contributed by atoms with Gasteiger partial charge in [-0.2, -0.15) is 13.2 Å². The van der Waals surface area contributed by atoms with E-state index in [-0.39, 0.29) is 5.56 Å². The van der Waals surface area contributed by atoms with Crippen LogP contribution >= 0.6 is 0 Å². The molecule has 1 rings (SSSR count). The van der Waals surface area contributed by atoms with Crippen LogP contribution in [0.5, 0.6) is 0 Å². The molecule has 0 amide bonds. The molecule has 0 heterocycles. The second-order valence-corrected chi connectivity index (χ2v) is 7.03. The van der Waals surface area contributed by atoms with Crippen molar-refractivity contribution in [3.63, 3.8) is 0 Å². The number of carboxylic acid groups (broad SMARTS) is 1. The van der Waals surface area contributed by atoms with Gasteiger partial charge in [-0.05, 0) is 37.6 Å². The minimum Gasteiger partial charge on any atom is -0.481 e. The van der Waals surface area contributed by atoms with Gasteiger partial charge in [0.1, 0.15) is 0 Å². The van der Waals surface area contributed by atoms with E-state index in [1.807, 2.05) is 0 Å². The summed E-state index contributed by atoms with van der Waals surface area (Å²) in [5.74, 6) is -1.34. The summed E-state index contributed by atoms with van der Waals surface area (Å²) in [5.41, 5.74) is -1.37. The predicted molar refractivity (Wildman–Crippen MR) is 65.1 cm³/mol. The summed E-state index contributed by atoms with van der Waals surface area (Å²) in [5, 5.41) is 7.73. The first-order chi connectivity index (χ1) is 8.94. The Bertz CT molecular complexity index is 618. The molecule has 0 aromatic heterocycles. The van der Waals surface area contributed by atoms with Crippen molar-refractivity contribution >= 4 is 15.8 Å². The van der Waals surface area contributed by atoms with Gasteiger partial charge in [0.2, 0.25) is 0 Å². The van der Waals surface area contributed by atoms with Crippen LogP contribution in [0.15, 0.2) is 23.1 Å². The lowest BCUT2D eigenvalue weighted by Crippen LogP contribution is -2.16. The van der Waals surface area contributed by atoms with E-state index in [1.54, 1.807) is 0 Å². The first-order valence-electron chi connectivity index (χ1n) is 5.61. The first-order valence-corrected chi connectivity index (χ1v) is 7.16. The molecule has 0 aliphatic carbocycles. The fraction of sp³-hybridized carbons (Fsp3) is 0.417. The zero-order valence-electron chi connectivity index (χ0n) is 10.7.